The predicted octanol–water partition coefficient (Wildman–Crippen LogP) is 5.02. The Morgan fingerprint density at radius 2 is 1.83 bits per heavy atom. The molecule has 128 valence electrons. The Bertz CT molecular complexity index is 683. The number of nitrogens with zero attached hydrogens (tertiary/aromatic N) is 1. The summed E-state index contributed by atoms with van der Waals surface area (Å²) >= 11 is 0. The minimum atomic E-state index is -0.376. The van der Waals surface area contributed by atoms with E-state index in [1.165, 1.54) is 5.56 Å². The third kappa shape index (κ3) is 3.97. The summed E-state index contributed by atoms with van der Waals surface area (Å²) in [6.07, 6.45) is 0.829. The standard InChI is InChI=1S/C21H28N2O/c1-6-21(4,19-13-8-7-9-14-19)22-20(24)23(5)17(3)18-12-10-11-16(2)15-18/h7-15,17H,6H2,1-5H3,(H,22,24). The second kappa shape index (κ2) is 7.52. The van der Waals surface area contributed by atoms with Crippen LogP contribution in [0.15, 0.2) is 54.6 Å². The SMILES string of the molecule is CCC(C)(NC(=O)N(C)C(C)c1cccc(C)c1)c1ccccc1. The van der Waals surface area contributed by atoms with Gasteiger partial charge in [0.15, 0.2) is 0 Å². The lowest BCUT2D eigenvalue weighted by atomic mass is 9.89. The summed E-state index contributed by atoms with van der Waals surface area (Å²) in [5.74, 6) is 0. The van der Waals surface area contributed by atoms with Gasteiger partial charge in [0, 0.05) is 7.05 Å². The summed E-state index contributed by atoms with van der Waals surface area (Å²) in [7, 11) is 1.85. The highest BCUT2D eigenvalue weighted by Gasteiger charge is 2.29. The van der Waals surface area contributed by atoms with Crippen LogP contribution >= 0.6 is 0 Å². The monoisotopic (exact) mass is 324 g/mol. The van der Waals surface area contributed by atoms with Crippen molar-refractivity contribution in [2.75, 3.05) is 7.05 Å². The lowest BCUT2D eigenvalue weighted by Gasteiger charge is -2.34. The van der Waals surface area contributed by atoms with E-state index in [2.05, 4.69) is 63.3 Å². The molecule has 0 fully saturated rings. The van der Waals surface area contributed by atoms with Crippen molar-refractivity contribution in [2.24, 2.45) is 0 Å². The largest absolute Gasteiger partial charge is 0.329 e. The van der Waals surface area contributed by atoms with Crippen molar-refractivity contribution < 1.29 is 4.79 Å². The van der Waals surface area contributed by atoms with Crippen molar-refractivity contribution >= 4 is 6.03 Å². The quantitative estimate of drug-likeness (QED) is 0.822. The first kappa shape index (κ1) is 18.1. The van der Waals surface area contributed by atoms with Crippen LogP contribution in [0.3, 0.4) is 0 Å². The Kier molecular flexibility index (Phi) is 5.66. The maximum absolute atomic E-state index is 12.8. The molecule has 0 aliphatic carbocycles. The lowest BCUT2D eigenvalue weighted by Crippen LogP contribution is -2.49. The molecular formula is C21H28N2O. The zero-order chi connectivity index (χ0) is 17.7. The van der Waals surface area contributed by atoms with Crippen LogP contribution < -0.4 is 5.32 Å². The van der Waals surface area contributed by atoms with E-state index in [0.717, 1.165) is 17.5 Å². The maximum Gasteiger partial charge on any atom is 0.318 e. The van der Waals surface area contributed by atoms with Gasteiger partial charge in [-0.05, 0) is 38.3 Å². The minimum absolute atomic E-state index is 0.0155. The summed E-state index contributed by atoms with van der Waals surface area (Å²) in [5.41, 5.74) is 3.10. The molecule has 2 rings (SSSR count). The molecule has 0 radical (unpaired) electrons. The van der Waals surface area contributed by atoms with Gasteiger partial charge in [0.05, 0.1) is 11.6 Å². The van der Waals surface area contributed by atoms with Crippen LogP contribution in [-0.4, -0.2) is 18.0 Å². The Morgan fingerprint density at radius 3 is 2.42 bits per heavy atom. The van der Waals surface area contributed by atoms with Gasteiger partial charge < -0.3 is 10.2 Å². The maximum atomic E-state index is 12.8. The van der Waals surface area contributed by atoms with E-state index >= 15 is 0 Å². The van der Waals surface area contributed by atoms with Crippen LogP contribution in [-0.2, 0) is 5.54 Å². The molecule has 24 heavy (non-hydrogen) atoms. The number of carbonyl (C=O) groups is 1. The van der Waals surface area contributed by atoms with E-state index in [1.54, 1.807) is 4.90 Å². The molecule has 0 bridgehead atoms. The molecular weight excluding hydrogens is 296 g/mol. The van der Waals surface area contributed by atoms with Crippen LogP contribution in [0.5, 0.6) is 0 Å². The Labute approximate surface area is 145 Å². The highest BCUT2D eigenvalue weighted by molar-refractivity contribution is 5.75. The van der Waals surface area contributed by atoms with Crippen LogP contribution in [0.25, 0.3) is 0 Å². The lowest BCUT2D eigenvalue weighted by molar-refractivity contribution is 0.180. The van der Waals surface area contributed by atoms with E-state index < -0.39 is 0 Å². The summed E-state index contributed by atoms with van der Waals surface area (Å²) in [4.78, 5) is 14.6. The summed E-state index contributed by atoms with van der Waals surface area (Å²) in [6, 6.07) is 18.4. The van der Waals surface area contributed by atoms with Gasteiger partial charge in [-0.15, -0.1) is 0 Å². The van der Waals surface area contributed by atoms with Gasteiger partial charge in [0.1, 0.15) is 0 Å². The van der Waals surface area contributed by atoms with Crippen LogP contribution in [0, 0.1) is 6.92 Å². The highest BCUT2D eigenvalue weighted by Crippen LogP contribution is 2.26. The Hall–Kier alpha value is -2.29. The molecule has 0 spiro atoms. The second-order valence-corrected chi connectivity index (χ2v) is 6.68. The average molecular weight is 324 g/mol. The molecule has 0 aliphatic rings. The fourth-order valence-electron chi connectivity index (χ4n) is 2.82. The summed E-state index contributed by atoms with van der Waals surface area (Å²) < 4.78 is 0. The van der Waals surface area contributed by atoms with Gasteiger partial charge in [-0.1, -0.05) is 67.1 Å². The number of hydrogen-bond donors (Lipinski definition) is 1. The number of hydrogen-bond acceptors (Lipinski definition) is 1. The van der Waals surface area contributed by atoms with Gasteiger partial charge in [-0.2, -0.15) is 0 Å². The third-order valence-electron chi connectivity index (χ3n) is 4.93. The number of carbonyl (C=O) groups excluding carboxylic acids is 1. The number of aryl methyl sites for hydroxylation is 1. The molecule has 0 saturated carbocycles. The number of benzene rings is 2. The highest BCUT2D eigenvalue weighted by atomic mass is 16.2. The first-order valence-corrected chi connectivity index (χ1v) is 8.54. The minimum Gasteiger partial charge on any atom is -0.329 e. The third-order valence-corrected chi connectivity index (χ3v) is 4.93. The molecule has 2 amide bonds. The average Bonchev–Trinajstić information content (AvgIpc) is 2.61. The normalized spacial score (nSPS) is 14.5. The molecule has 1 N–H and O–H groups in total. The fraction of sp³-hybridized carbons (Fsp3) is 0.381. The number of rotatable bonds is 5. The van der Waals surface area contributed by atoms with Crippen LogP contribution in [0.1, 0.15) is 49.9 Å². The number of amides is 2. The van der Waals surface area contributed by atoms with Crippen molar-refractivity contribution in [1.82, 2.24) is 10.2 Å². The molecule has 2 aromatic carbocycles. The van der Waals surface area contributed by atoms with Gasteiger partial charge in [0.25, 0.3) is 0 Å². The van der Waals surface area contributed by atoms with E-state index in [9.17, 15) is 4.79 Å². The smallest absolute Gasteiger partial charge is 0.318 e. The first-order chi connectivity index (χ1) is 11.4. The van der Waals surface area contributed by atoms with E-state index in [0.29, 0.717) is 0 Å². The van der Waals surface area contributed by atoms with E-state index in [4.69, 9.17) is 0 Å². The molecule has 0 aliphatic heterocycles. The van der Waals surface area contributed by atoms with Crippen molar-refractivity contribution in [3.05, 3.63) is 71.3 Å². The molecule has 0 saturated heterocycles. The molecule has 2 aromatic rings. The van der Waals surface area contributed by atoms with Crippen molar-refractivity contribution in [3.63, 3.8) is 0 Å². The van der Waals surface area contributed by atoms with Gasteiger partial charge in [-0.25, -0.2) is 4.79 Å². The molecule has 3 heteroatoms. The van der Waals surface area contributed by atoms with E-state index in [1.807, 2.05) is 31.3 Å². The number of urea groups is 1. The van der Waals surface area contributed by atoms with Crippen molar-refractivity contribution in [2.45, 2.75) is 45.7 Å². The van der Waals surface area contributed by atoms with E-state index in [-0.39, 0.29) is 17.6 Å². The molecule has 3 nitrogen and oxygen atoms in total. The fourth-order valence-corrected chi connectivity index (χ4v) is 2.82. The van der Waals surface area contributed by atoms with Gasteiger partial charge in [-0.3, -0.25) is 0 Å². The number of nitrogens with one attached hydrogen (secondary N) is 1. The van der Waals surface area contributed by atoms with Gasteiger partial charge in [0.2, 0.25) is 0 Å². The van der Waals surface area contributed by atoms with Crippen molar-refractivity contribution in [1.29, 1.82) is 0 Å². The summed E-state index contributed by atoms with van der Waals surface area (Å²) in [6.45, 7) is 8.29. The Morgan fingerprint density at radius 1 is 1.17 bits per heavy atom. The van der Waals surface area contributed by atoms with Crippen LogP contribution in [0.4, 0.5) is 4.79 Å². The predicted molar refractivity (Wildman–Crippen MR) is 100.0 cm³/mol. The summed E-state index contributed by atoms with van der Waals surface area (Å²) in [5, 5.41) is 3.21. The molecule has 2 atom stereocenters. The molecule has 2 unspecified atom stereocenters. The zero-order valence-electron chi connectivity index (χ0n) is 15.3. The molecule has 0 heterocycles. The zero-order valence-corrected chi connectivity index (χ0v) is 15.3. The van der Waals surface area contributed by atoms with Crippen molar-refractivity contribution in [3.8, 4) is 0 Å². The van der Waals surface area contributed by atoms with Gasteiger partial charge >= 0.3 is 6.03 Å². The molecule has 0 aromatic heterocycles. The Balaban J connectivity index is 2.15. The van der Waals surface area contributed by atoms with Crippen LogP contribution in [0.2, 0.25) is 0 Å². The second-order valence-electron chi connectivity index (χ2n) is 6.68. The topological polar surface area (TPSA) is 32.3 Å². The first-order valence-electron chi connectivity index (χ1n) is 8.54.